The number of hydrogen-bond acceptors (Lipinski definition) is 3. The average molecular weight is 276 g/mol. The van der Waals surface area contributed by atoms with E-state index in [9.17, 15) is 4.79 Å². The van der Waals surface area contributed by atoms with Gasteiger partial charge in [0.05, 0.1) is 12.2 Å². The van der Waals surface area contributed by atoms with Gasteiger partial charge >= 0.3 is 0 Å². The summed E-state index contributed by atoms with van der Waals surface area (Å²) in [5.74, 6) is 1.16. The SMILES string of the molecule is Cc1cccc(Cn2c(C3CC3)nc(Cl)cc2=O)n1. The van der Waals surface area contributed by atoms with Gasteiger partial charge in [-0.05, 0) is 31.9 Å². The number of nitrogens with zero attached hydrogens (tertiary/aromatic N) is 3. The molecule has 3 rings (SSSR count). The Bertz CT molecular complexity index is 677. The first kappa shape index (κ1) is 12.4. The van der Waals surface area contributed by atoms with E-state index in [2.05, 4.69) is 9.97 Å². The molecule has 0 bridgehead atoms. The molecule has 0 atom stereocenters. The highest BCUT2D eigenvalue weighted by molar-refractivity contribution is 6.29. The first-order chi connectivity index (χ1) is 9.13. The molecule has 98 valence electrons. The maximum absolute atomic E-state index is 12.1. The summed E-state index contributed by atoms with van der Waals surface area (Å²) in [6.07, 6.45) is 2.15. The third-order valence-electron chi connectivity index (χ3n) is 3.22. The summed E-state index contributed by atoms with van der Waals surface area (Å²) < 4.78 is 1.69. The molecule has 1 aliphatic rings. The lowest BCUT2D eigenvalue weighted by atomic mass is 10.3. The summed E-state index contributed by atoms with van der Waals surface area (Å²) in [5.41, 5.74) is 1.71. The topological polar surface area (TPSA) is 47.8 Å². The van der Waals surface area contributed by atoms with Gasteiger partial charge in [0.1, 0.15) is 11.0 Å². The molecular formula is C14H14ClN3O. The van der Waals surface area contributed by atoms with Gasteiger partial charge in [0.25, 0.3) is 5.56 Å². The van der Waals surface area contributed by atoms with E-state index in [1.54, 1.807) is 4.57 Å². The standard InChI is InChI=1S/C14H14ClN3O/c1-9-3-2-4-11(16-9)8-18-13(19)7-12(15)17-14(18)10-5-6-10/h2-4,7,10H,5-6,8H2,1H3. The average Bonchev–Trinajstić information content (AvgIpc) is 3.16. The molecule has 2 aromatic rings. The normalized spacial score (nSPS) is 14.6. The third kappa shape index (κ3) is 2.68. The van der Waals surface area contributed by atoms with Crippen molar-refractivity contribution >= 4 is 11.6 Å². The molecule has 0 radical (unpaired) electrons. The minimum absolute atomic E-state index is 0.106. The second-order valence-electron chi connectivity index (χ2n) is 4.91. The quantitative estimate of drug-likeness (QED) is 0.809. The second-order valence-corrected chi connectivity index (χ2v) is 5.29. The van der Waals surface area contributed by atoms with Crippen LogP contribution in [-0.2, 0) is 6.54 Å². The van der Waals surface area contributed by atoms with Crippen molar-refractivity contribution < 1.29 is 0 Å². The van der Waals surface area contributed by atoms with Gasteiger partial charge in [-0.1, -0.05) is 17.7 Å². The minimum atomic E-state index is -0.106. The van der Waals surface area contributed by atoms with Crippen molar-refractivity contribution in [3.8, 4) is 0 Å². The molecule has 0 aromatic carbocycles. The van der Waals surface area contributed by atoms with Gasteiger partial charge in [-0.2, -0.15) is 0 Å². The summed E-state index contributed by atoms with van der Waals surface area (Å²) in [7, 11) is 0. The lowest BCUT2D eigenvalue weighted by molar-refractivity contribution is 0.657. The van der Waals surface area contributed by atoms with E-state index in [4.69, 9.17) is 11.6 Å². The van der Waals surface area contributed by atoms with Crippen molar-refractivity contribution in [2.45, 2.75) is 32.2 Å². The van der Waals surface area contributed by atoms with Crippen molar-refractivity contribution in [3.63, 3.8) is 0 Å². The molecule has 0 spiro atoms. The zero-order valence-electron chi connectivity index (χ0n) is 10.6. The summed E-state index contributed by atoms with van der Waals surface area (Å²) in [6, 6.07) is 7.17. The number of halogens is 1. The molecule has 2 aromatic heterocycles. The third-order valence-corrected chi connectivity index (χ3v) is 3.41. The number of aryl methyl sites for hydroxylation is 1. The van der Waals surface area contributed by atoms with Gasteiger partial charge in [-0.25, -0.2) is 4.98 Å². The van der Waals surface area contributed by atoms with Gasteiger partial charge in [0, 0.05) is 17.7 Å². The zero-order valence-corrected chi connectivity index (χ0v) is 11.4. The van der Waals surface area contributed by atoms with E-state index >= 15 is 0 Å². The largest absolute Gasteiger partial charge is 0.290 e. The maximum Gasteiger partial charge on any atom is 0.255 e. The van der Waals surface area contributed by atoms with Gasteiger partial charge in [0.15, 0.2) is 0 Å². The highest BCUT2D eigenvalue weighted by atomic mass is 35.5. The monoisotopic (exact) mass is 275 g/mol. The number of pyridine rings is 1. The van der Waals surface area contributed by atoms with Crippen LogP contribution < -0.4 is 5.56 Å². The fraction of sp³-hybridized carbons (Fsp3) is 0.357. The molecule has 0 amide bonds. The lowest BCUT2D eigenvalue weighted by Crippen LogP contribution is -2.25. The number of rotatable bonds is 3. The Hall–Kier alpha value is -1.68. The van der Waals surface area contributed by atoms with Crippen LogP contribution in [0.5, 0.6) is 0 Å². The van der Waals surface area contributed by atoms with Gasteiger partial charge in [-0.15, -0.1) is 0 Å². The Balaban J connectivity index is 2.02. The molecule has 19 heavy (non-hydrogen) atoms. The zero-order chi connectivity index (χ0) is 13.4. The Morgan fingerprint density at radius 2 is 2.16 bits per heavy atom. The van der Waals surface area contributed by atoms with Crippen LogP contribution in [0.1, 0.15) is 36.0 Å². The molecule has 0 N–H and O–H groups in total. The molecule has 1 fully saturated rings. The molecule has 0 unspecified atom stereocenters. The molecule has 5 heteroatoms. The first-order valence-corrected chi connectivity index (χ1v) is 6.71. The van der Waals surface area contributed by atoms with Gasteiger partial charge in [-0.3, -0.25) is 14.3 Å². The fourth-order valence-corrected chi connectivity index (χ4v) is 2.34. The van der Waals surface area contributed by atoms with Crippen molar-refractivity contribution in [2.24, 2.45) is 0 Å². The van der Waals surface area contributed by atoms with Crippen molar-refractivity contribution in [1.82, 2.24) is 14.5 Å². The molecular weight excluding hydrogens is 262 g/mol. The van der Waals surface area contributed by atoms with Gasteiger partial charge in [0.2, 0.25) is 0 Å². The molecule has 4 nitrogen and oxygen atoms in total. The van der Waals surface area contributed by atoms with E-state index in [1.165, 1.54) is 6.07 Å². The highest BCUT2D eigenvalue weighted by Gasteiger charge is 2.29. The van der Waals surface area contributed by atoms with Gasteiger partial charge < -0.3 is 0 Å². The maximum atomic E-state index is 12.1. The Morgan fingerprint density at radius 1 is 1.37 bits per heavy atom. The highest BCUT2D eigenvalue weighted by Crippen LogP contribution is 2.38. The lowest BCUT2D eigenvalue weighted by Gasteiger charge is -2.11. The Labute approximate surface area is 116 Å². The summed E-state index contributed by atoms with van der Waals surface area (Å²) in [6.45, 7) is 2.39. The first-order valence-electron chi connectivity index (χ1n) is 6.33. The predicted molar refractivity (Wildman–Crippen MR) is 73.6 cm³/mol. The van der Waals surface area contributed by atoms with Crippen LogP contribution in [0.15, 0.2) is 29.1 Å². The fourth-order valence-electron chi connectivity index (χ4n) is 2.16. The summed E-state index contributed by atoms with van der Waals surface area (Å²) in [4.78, 5) is 20.8. The van der Waals surface area contributed by atoms with E-state index < -0.39 is 0 Å². The number of hydrogen-bond donors (Lipinski definition) is 0. The van der Waals surface area contributed by atoms with Crippen molar-refractivity contribution in [3.05, 3.63) is 57.0 Å². The van der Waals surface area contributed by atoms with Crippen LogP contribution >= 0.6 is 11.6 Å². The Kier molecular flexibility index (Phi) is 3.11. The molecule has 1 saturated carbocycles. The van der Waals surface area contributed by atoms with Crippen molar-refractivity contribution in [2.75, 3.05) is 0 Å². The van der Waals surface area contributed by atoms with Crippen LogP contribution in [0.25, 0.3) is 0 Å². The van der Waals surface area contributed by atoms with E-state index in [0.29, 0.717) is 12.5 Å². The summed E-state index contributed by atoms with van der Waals surface area (Å²) in [5, 5.41) is 0.278. The number of aromatic nitrogens is 3. The van der Waals surface area contributed by atoms with Crippen LogP contribution in [-0.4, -0.2) is 14.5 Å². The van der Waals surface area contributed by atoms with E-state index in [-0.39, 0.29) is 10.7 Å². The predicted octanol–water partition coefficient (Wildman–Crippen LogP) is 2.53. The van der Waals surface area contributed by atoms with E-state index in [1.807, 2.05) is 25.1 Å². The Morgan fingerprint density at radius 3 is 2.84 bits per heavy atom. The summed E-state index contributed by atoms with van der Waals surface area (Å²) >= 11 is 5.88. The van der Waals surface area contributed by atoms with Crippen LogP contribution in [0.3, 0.4) is 0 Å². The van der Waals surface area contributed by atoms with Crippen LogP contribution in [0.2, 0.25) is 5.15 Å². The van der Waals surface area contributed by atoms with Crippen LogP contribution in [0, 0.1) is 6.92 Å². The van der Waals surface area contributed by atoms with E-state index in [0.717, 1.165) is 30.1 Å². The molecule has 2 heterocycles. The smallest absolute Gasteiger partial charge is 0.255 e. The molecule has 0 saturated heterocycles. The molecule has 1 aliphatic carbocycles. The van der Waals surface area contributed by atoms with Crippen LogP contribution in [0.4, 0.5) is 0 Å². The minimum Gasteiger partial charge on any atom is -0.290 e. The molecule has 0 aliphatic heterocycles. The van der Waals surface area contributed by atoms with Crippen molar-refractivity contribution in [1.29, 1.82) is 0 Å². The second kappa shape index (κ2) is 4.78.